The molecule has 0 bridgehead atoms. The van der Waals surface area contributed by atoms with E-state index in [1.54, 1.807) is 0 Å². The van der Waals surface area contributed by atoms with Crippen molar-refractivity contribution in [2.24, 2.45) is 0 Å². The number of hydrogen-bond donors (Lipinski definition) is 0. The first-order chi connectivity index (χ1) is 2.83. The van der Waals surface area contributed by atoms with E-state index in [9.17, 15) is 0 Å². The molecular weight excluding hydrogens is 283 g/mol. The van der Waals surface area contributed by atoms with Gasteiger partial charge in [0.1, 0.15) is 0 Å². The molecule has 0 unspecified atom stereocenters. The maximum absolute atomic E-state index is 8.46. The van der Waals surface area contributed by atoms with Crippen LogP contribution in [0.3, 0.4) is 0 Å². The first-order valence-corrected chi connectivity index (χ1v) is 2.83. The van der Waals surface area contributed by atoms with Crippen molar-refractivity contribution in [3.8, 4) is 0 Å². The van der Waals surface area contributed by atoms with E-state index in [0.29, 0.717) is 0 Å². The Balaban J connectivity index is -0.0000000160. The van der Waals surface area contributed by atoms with Gasteiger partial charge in [-0.3, -0.25) is 0 Å². The molecule has 4 nitrogen and oxygen atoms in total. The molecule has 0 aliphatic carbocycles. The van der Waals surface area contributed by atoms with E-state index in [1.807, 2.05) is 0 Å². The molecule has 0 aromatic heterocycles. The average Bonchev–Trinajstić information content (AvgIpc) is 1.39. The SMILES string of the molecule is [Mg+2].[O]=[Al][O-].[O]=[Al][O-].[Pr]. The maximum atomic E-state index is 8.46. The van der Waals surface area contributed by atoms with Gasteiger partial charge in [0.15, 0.2) is 0 Å². The van der Waals surface area contributed by atoms with Crippen molar-refractivity contribution in [1.82, 2.24) is 0 Å². The third kappa shape index (κ3) is 80.0. The Bertz CT molecular complexity index is 35.0. The summed E-state index contributed by atoms with van der Waals surface area (Å²) in [5, 5.41) is 0. The normalized spacial score (nSPS) is 2.00. The van der Waals surface area contributed by atoms with Gasteiger partial charge in [-0.1, -0.05) is 0 Å². The van der Waals surface area contributed by atoms with Crippen LogP contribution in [0, 0.1) is 41.3 Å². The van der Waals surface area contributed by atoms with Crippen LogP contribution < -0.4 is 8.32 Å². The topological polar surface area (TPSA) is 80.3 Å². The standard InChI is InChI=1S/2Al.Mg.4O.Pr/q;;+2;;;2*-1;. The van der Waals surface area contributed by atoms with Crippen LogP contribution in [0.5, 0.6) is 0 Å². The van der Waals surface area contributed by atoms with Gasteiger partial charge in [0, 0.05) is 41.3 Å². The molecule has 0 aromatic rings. The minimum Gasteiger partial charge on any atom is 0 e. The van der Waals surface area contributed by atoms with Gasteiger partial charge >= 0.3 is 70.0 Å². The summed E-state index contributed by atoms with van der Waals surface area (Å²) in [5.74, 6) is 0. The van der Waals surface area contributed by atoms with Crippen LogP contribution in [0.2, 0.25) is 0 Å². The fourth-order valence-electron chi connectivity index (χ4n) is 0. The Labute approximate surface area is 109 Å². The van der Waals surface area contributed by atoms with E-state index in [4.69, 9.17) is 15.9 Å². The average molecular weight is 283 g/mol. The predicted molar refractivity (Wildman–Crippen MR) is 18.6 cm³/mol. The molecule has 0 fully saturated rings. The fourth-order valence-corrected chi connectivity index (χ4v) is 0. The molecule has 0 atom stereocenters. The Morgan fingerprint density at radius 1 is 1.00 bits per heavy atom. The molecular formula is Al2MgO4Pr. The van der Waals surface area contributed by atoms with Gasteiger partial charge in [0.05, 0.1) is 0 Å². The molecule has 0 saturated heterocycles. The summed E-state index contributed by atoms with van der Waals surface area (Å²) in [6.45, 7) is 0. The second-order valence-corrected chi connectivity index (χ2v) is 0.577. The van der Waals surface area contributed by atoms with Crippen LogP contribution in [-0.4, -0.2) is 54.0 Å². The second kappa shape index (κ2) is 34.3. The zero-order valence-corrected chi connectivity index (χ0v) is 11.5. The van der Waals surface area contributed by atoms with Crippen molar-refractivity contribution in [2.75, 3.05) is 0 Å². The van der Waals surface area contributed by atoms with Gasteiger partial charge in [-0.15, -0.1) is 0 Å². The molecule has 0 saturated carbocycles. The summed E-state index contributed by atoms with van der Waals surface area (Å²) in [7, 11) is 0. The smallest absolute Gasteiger partial charge is 0 e. The third-order valence-electron chi connectivity index (χ3n) is 0. The van der Waals surface area contributed by atoms with Crippen LogP contribution in [0.25, 0.3) is 0 Å². The summed E-state index contributed by atoms with van der Waals surface area (Å²) in [6.07, 6.45) is 0. The summed E-state index contributed by atoms with van der Waals surface area (Å²) >= 11 is -3.50. The Hall–Kier alpha value is 2.39. The molecule has 0 aromatic carbocycles. The molecule has 8 heteroatoms. The number of hydrogen-bond acceptors (Lipinski definition) is 4. The van der Waals surface area contributed by atoms with Crippen molar-refractivity contribution < 1.29 is 57.2 Å². The van der Waals surface area contributed by atoms with E-state index < -0.39 is 31.0 Å². The summed E-state index contributed by atoms with van der Waals surface area (Å²) < 4.78 is 33.8. The first kappa shape index (κ1) is 22.4. The van der Waals surface area contributed by atoms with Gasteiger partial charge in [-0.2, -0.15) is 0 Å². The van der Waals surface area contributed by atoms with Crippen LogP contribution in [-0.2, 0) is 7.61 Å². The molecule has 0 aliphatic rings. The molecule has 8 heavy (non-hydrogen) atoms. The molecule has 35 valence electrons. The van der Waals surface area contributed by atoms with E-state index in [2.05, 4.69) is 0 Å². The van der Waals surface area contributed by atoms with Crippen LogP contribution in [0.15, 0.2) is 0 Å². The summed E-state index contributed by atoms with van der Waals surface area (Å²) in [5.41, 5.74) is 0. The van der Waals surface area contributed by atoms with E-state index in [0.717, 1.165) is 0 Å². The molecule has 0 spiro atoms. The van der Waals surface area contributed by atoms with E-state index in [1.165, 1.54) is 0 Å². The van der Waals surface area contributed by atoms with Crippen LogP contribution >= 0.6 is 0 Å². The van der Waals surface area contributed by atoms with Crippen molar-refractivity contribution in [3.63, 3.8) is 0 Å². The van der Waals surface area contributed by atoms with Gasteiger partial charge in [-0.05, 0) is 0 Å². The van der Waals surface area contributed by atoms with Crippen molar-refractivity contribution in [1.29, 1.82) is 0 Å². The van der Waals surface area contributed by atoms with Gasteiger partial charge in [0.2, 0.25) is 0 Å². The summed E-state index contributed by atoms with van der Waals surface area (Å²) in [4.78, 5) is 0. The molecule has 1 radical (unpaired) electrons. The monoisotopic (exact) mass is 283 g/mol. The van der Waals surface area contributed by atoms with Crippen molar-refractivity contribution in [2.45, 2.75) is 0 Å². The van der Waals surface area contributed by atoms with Crippen molar-refractivity contribution >= 4 is 54.0 Å². The molecule has 0 aliphatic heterocycles. The quantitative estimate of drug-likeness (QED) is 0.428. The zero-order chi connectivity index (χ0) is 5.41. The molecule has 0 amide bonds. The minimum atomic E-state index is -1.75. The Morgan fingerprint density at radius 3 is 1.00 bits per heavy atom. The zero-order valence-electron chi connectivity index (χ0n) is 4.07. The Kier molecular flexibility index (Phi) is 96.1. The second-order valence-electron chi connectivity index (χ2n) is 0.192. The third-order valence-corrected chi connectivity index (χ3v) is 0. The Morgan fingerprint density at radius 2 is 1.00 bits per heavy atom. The molecule has 0 N–H and O–H groups in total. The van der Waals surface area contributed by atoms with Gasteiger partial charge < -0.3 is 0 Å². The minimum absolute atomic E-state index is 0. The van der Waals surface area contributed by atoms with Crippen LogP contribution in [0.4, 0.5) is 0 Å². The van der Waals surface area contributed by atoms with Gasteiger partial charge in [-0.25, -0.2) is 0 Å². The molecule has 0 heterocycles. The predicted octanol–water partition coefficient (Wildman–Crippen LogP) is -3.76. The summed E-state index contributed by atoms with van der Waals surface area (Å²) in [6, 6.07) is 0. The maximum Gasteiger partial charge on any atom is 0 e. The van der Waals surface area contributed by atoms with E-state index >= 15 is 0 Å². The fraction of sp³-hybridized carbons (Fsp3) is 0. The van der Waals surface area contributed by atoms with E-state index in [-0.39, 0.29) is 64.3 Å². The van der Waals surface area contributed by atoms with Crippen LogP contribution in [0.1, 0.15) is 0 Å². The van der Waals surface area contributed by atoms with Crippen molar-refractivity contribution in [3.05, 3.63) is 0 Å². The number of rotatable bonds is 0. The molecule has 0 rings (SSSR count). The largest absolute Gasteiger partial charge is 0 e. The first-order valence-electron chi connectivity index (χ1n) is 0.943. The van der Waals surface area contributed by atoms with Gasteiger partial charge in [0.25, 0.3) is 0 Å².